The predicted octanol–water partition coefficient (Wildman–Crippen LogP) is 3.69. The second-order valence-corrected chi connectivity index (χ2v) is 5.29. The van der Waals surface area contributed by atoms with Gasteiger partial charge >= 0.3 is 0 Å². The van der Waals surface area contributed by atoms with E-state index in [1.54, 1.807) is 24.3 Å². The molecule has 0 spiro atoms. The average molecular weight is 319 g/mol. The maximum atomic E-state index is 15.0. The first kappa shape index (κ1) is 12.2. The summed E-state index contributed by atoms with van der Waals surface area (Å²) in [6, 6.07) is 12.4. The van der Waals surface area contributed by atoms with E-state index in [2.05, 4.69) is 15.9 Å². The molecule has 0 saturated carbocycles. The van der Waals surface area contributed by atoms with Crippen LogP contribution in [0.3, 0.4) is 0 Å². The summed E-state index contributed by atoms with van der Waals surface area (Å²) in [6.45, 7) is 0. The van der Waals surface area contributed by atoms with Gasteiger partial charge in [0.25, 0.3) is 5.67 Å². The lowest BCUT2D eigenvalue weighted by Gasteiger charge is -2.16. The highest BCUT2D eigenvalue weighted by Crippen LogP contribution is 2.41. The zero-order chi connectivity index (χ0) is 13.6. The third-order valence-corrected chi connectivity index (χ3v) is 3.76. The Morgan fingerprint density at radius 2 is 1.53 bits per heavy atom. The largest absolute Gasteiger partial charge is 0.290 e. The van der Waals surface area contributed by atoms with Crippen molar-refractivity contribution in [3.63, 3.8) is 0 Å². The van der Waals surface area contributed by atoms with Gasteiger partial charge in [0.05, 0.1) is 0 Å². The summed E-state index contributed by atoms with van der Waals surface area (Å²) in [5, 5.41) is 0. The summed E-state index contributed by atoms with van der Waals surface area (Å²) in [5.74, 6) is -1.58. The zero-order valence-corrected chi connectivity index (χ0v) is 11.3. The van der Waals surface area contributed by atoms with Gasteiger partial charge in [-0.1, -0.05) is 46.3 Å². The Hall–Kier alpha value is -1.81. The fourth-order valence-electron chi connectivity index (χ4n) is 2.31. The molecule has 19 heavy (non-hydrogen) atoms. The second-order valence-electron chi connectivity index (χ2n) is 4.37. The van der Waals surface area contributed by atoms with Crippen LogP contribution in [-0.2, 0) is 5.67 Å². The number of ketones is 2. The molecule has 2 aromatic carbocycles. The molecular weight excluding hydrogens is 311 g/mol. The van der Waals surface area contributed by atoms with Crippen molar-refractivity contribution in [2.45, 2.75) is 5.67 Å². The highest BCUT2D eigenvalue weighted by Gasteiger charge is 2.55. The Labute approximate surface area is 117 Å². The molecular formula is C15H8BrFO2. The van der Waals surface area contributed by atoms with Gasteiger partial charge in [-0.2, -0.15) is 0 Å². The number of Topliss-reactive ketones (excluding diaryl/α,β-unsaturated/α-hetero) is 2. The predicted molar refractivity (Wildman–Crippen MR) is 72.0 cm³/mol. The molecule has 1 atom stereocenters. The summed E-state index contributed by atoms with van der Waals surface area (Å²) in [5.41, 5.74) is -2.24. The number of carbonyl (C=O) groups is 2. The maximum Gasteiger partial charge on any atom is 0.260 e. The van der Waals surface area contributed by atoms with Crippen LogP contribution in [-0.4, -0.2) is 11.6 Å². The Morgan fingerprint density at radius 1 is 0.895 bits per heavy atom. The minimum Gasteiger partial charge on any atom is -0.290 e. The van der Waals surface area contributed by atoms with Crippen LogP contribution in [0.25, 0.3) is 0 Å². The Bertz CT molecular complexity index is 697. The van der Waals surface area contributed by atoms with Crippen molar-refractivity contribution >= 4 is 27.5 Å². The molecule has 0 aliphatic heterocycles. The number of hydrogen-bond acceptors (Lipinski definition) is 2. The number of carbonyl (C=O) groups excluding carboxylic acids is 2. The molecule has 0 fully saturated rings. The van der Waals surface area contributed by atoms with Gasteiger partial charge in [0.1, 0.15) is 0 Å². The minimum atomic E-state index is -2.59. The molecule has 2 nitrogen and oxygen atoms in total. The van der Waals surface area contributed by atoms with Crippen molar-refractivity contribution in [3.05, 3.63) is 69.7 Å². The van der Waals surface area contributed by atoms with Crippen LogP contribution in [0.4, 0.5) is 4.39 Å². The van der Waals surface area contributed by atoms with Gasteiger partial charge in [-0.05, 0) is 18.2 Å². The summed E-state index contributed by atoms with van der Waals surface area (Å²) < 4.78 is 15.7. The summed E-state index contributed by atoms with van der Waals surface area (Å²) in [7, 11) is 0. The van der Waals surface area contributed by atoms with E-state index in [1.165, 1.54) is 24.3 Å². The number of alkyl halides is 1. The van der Waals surface area contributed by atoms with E-state index in [4.69, 9.17) is 0 Å². The number of fused-ring (bicyclic) bond motifs is 1. The van der Waals surface area contributed by atoms with Gasteiger partial charge in [-0.3, -0.25) is 9.59 Å². The molecule has 3 rings (SSSR count). The van der Waals surface area contributed by atoms with Crippen LogP contribution in [0.1, 0.15) is 26.3 Å². The highest BCUT2D eigenvalue weighted by molar-refractivity contribution is 9.10. The first-order valence-electron chi connectivity index (χ1n) is 5.68. The Balaban J connectivity index is 2.23. The molecule has 0 bridgehead atoms. The normalized spacial score (nSPS) is 21.6. The van der Waals surface area contributed by atoms with Crippen molar-refractivity contribution in [2.24, 2.45) is 0 Å². The molecule has 1 aliphatic rings. The summed E-state index contributed by atoms with van der Waals surface area (Å²) in [6.07, 6.45) is 0. The van der Waals surface area contributed by atoms with Gasteiger partial charge < -0.3 is 0 Å². The van der Waals surface area contributed by atoms with E-state index in [9.17, 15) is 9.59 Å². The van der Waals surface area contributed by atoms with Crippen LogP contribution in [0.15, 0.2) is 53.0 Å². The van der Waals surface area contributed by atoms with Gasteiger partial charge in [0.2, 0.25) is 11.6 Å². The number of halogens is 2. The molecule has 0 aromatic heterocycles. The Morgan fingerprint density at radius 3 is 2.21 bits per heavy atom. The molecule has 1 aliphatic carbocycles. The molecule has 2 aromatic rings. The quantitative estimate of drug-likeness (QED) is 0.751. The van der Waals surface area contributed by atoms with Crippen molar-refractivity contribution < 1.29 is 14.0 Å². The fourth-order valence-corrected chi connectivity index (χ4v) is 2.67. The van der Waals surface area contributed by atoms with Crippen molar-refractivity contribution in [3.8, 4) is 0 Å². The van der Waals surface area contributed by atoms with E-state index < -0.39 is 17.2 Å². The van der Waals surface area contributed by atoms with Crippen LogP contribution >= 0.6 is 15.9 Å². The Kier molecular flexibility index (Phi) is 2.64. The first-order chi connectivity index (χ1) is 9.05. The lowest BCUT2D eigenvalue weighted by molar-refractivity contribution is 0.0598. The van der Waals surface area contributed by atoms with E-state index >= 15 is 4.39 Å². The van der Waals surface area contributed by atoms with Crippen LogP contribution in [0.5, 0.6) is 0 Å². The maximum absolute atomic E-state index is 15.0. The third-order valence-electron chi connectivity index (χ3n) is 3.27. The molecule has 0 saturated heterocycles. The monoisotopic (exact) mass is 318 g/mol. The van der Waals surface area contributed by atoms with Crippen molar-refractivity contribution in [1.29, 1.82) is 0 Å². The molecule has 0 N–H and O–H groups in total. The number of rotatable bonds is 1. The van der Waals surface area contributed by atoms with Crippen molar-refractivity contribution in [2.75, 3.05) is 0 Å². The van der Waals surface area contributed by atoms with Crippen LogP contribution in [0.2, 0.25) is 0 Å². The molecule has 94 valence electrons. The smallest absolute Gasteiger partial charge is 0.260 e. The average Bonchev–Trinajstić information content (AvgIpc) is 2.63. The van der Waals surface area contributed by atoms with E-state index in [1.807, 2.05) is 0 Å². The van der Waals surface area contributed by atoms with Gasteiger partial charge in [0, 0.05) is 21.2 Å². The number of benzene rings is 2. The zero-order valence-electron chi connectivity index (χ0n) is 9.69. The lowest BCUT2D eigenvalue weighted by Crippen LogP contribution is -2.33. The van der Waals surface area contributed by atoms with Gasteiger partial charge in [0.15, 0.2) is 0 Å². The molecule has 0 amide bonds. The molecule has 0 radical (unpaired) electrons. The van der Waals surface area contributed by atoms with Crippen molar-refractivity contribution in [1.82, 2.24) is 0 Å². The van der Waals surface area contributed by atoms with E-state index in [0.717, 1.165) is 0 Å². The SMILES string of the molecule is O=C1c2ccc(Br)cc2C(=O)C1(F)c1ccccc1. The summed E-state index contributed by atoms with van der Waals surface area (Å²) in [4.78, 5) is 24.5. The van der Waals surface area contributed by atoms with E-state index in [0.29, 0.717) is 4.47 Å². The fraction of sp³-hybridized carbons (Fsp3) is 0.0667. The van der Waals surface area contributed by atoms with Gasteiger partial charge in [-0.25, -0.2) is 4.39 Å². The van der Waals surface area contributed by atoms with Gasteiger partial charge in [-0.15, -0.1) is 0 Å². The standard InChI is InChI=1S/C15H8BrFO2/c16-10-6-7-11-12(8-10)14(19)15(17,13(11)18)9-4-2-1-3-5-9/h1-8H. The second kappa shape index (κ2) is 4.10. The topological polar surface area (TPSA) is 34.1 Å². The van der Waals surface area contributed by atoms with Crippen LogP contribution < -0.4 is 0 Å². The lowest BCUT2D eigenvalue weighted by atomic mass is 9.91. The highest BCUT2D eigenvalue weighted by atomic mass is 79.9. The van der Waals surface area contributed by atoms with Crippen LogP contribution in [0, 0.1) is 0 Å². The first-order valence-corrected chi connectivity index (χ1v) is 6.48. The van der Waals surface area contributed by atoms with E-state index in [-0.39, 0.29) is 16.7 Å². The molecule has 1 unspecified atom stereocenters. The minimum absolute atomic E-state index is 0.0809. The third kappa shape index (κ3) is 1.60. The molecule has 4 heteroatoms. The molecule has 0 heterocycles. The number of hydrogen-bond donors (Lipinski definition) is 0. The summed E-state index contributed by atoms with van der Waals surface area (Å²) >= 11 is 3.22.